The molecule has 1 heterocycles. The first kappa shape index (κ1) is 16.9. The fraction of sp³-hybridized carbons (Fsp3) is 0.333. The number of benzene rings is 1. The van der Waals surface area contributed by atoms with Crippen LogP contribution >= 0.6 is 11.6 Å². The summed E-state index contributed by atoms with van der Waals surface area (Å²) in [6.45, 7) is 5.47. The molecule has 0 aliphatic carbocycles. The van der Waals surface area contributed by atoms with Crippen molar-refractivity contribution in [2.24, 2.45) is 0 Å². The molecule has 0 unspecified atom stereocenters. The van der Waals surface area contributed by atoms with Crippen LogP contribution in [-0.2, 0) is 16.4 Å². The van der Waals surface area contributed by atoms with Gasteiger partial charge in [0, 0.05) is 18.7 Å². The Balaban J connectivity index is 2.31. The van der Waals surface area contributed by atoms with E-state index in [1.54, 1.807) is 38.2 Å². The van der Waals surface area contributed by atoms with Crippen LogP contribution in [0.2, 0.25) is 5.28 Å². The van der Waals surface area contributed by atoms with Crippen molar-refractivity contribution in [3.63, 3.8) is 0 Å². The molecule has 2 rings (SSSR count). The number of sulfonamides is 1. The maximum Gasteiger partial charge on any atom is 0.240 e. The number of nitrogens with one attached hydrogen (secondary N) is 1. The maximum absolute atomic E-state index is 12.2. The Kier molecular flexibility index (Phi) is 5.16. The number of rotatable bonds is 5. The van der Waals surface area contributed by atoms with Gasteiger partial charge in [0.1, 0.15) is 0 Å². The molecule has 1 N–H and O–H groups in total. The van der Waals surface area contributed by atoms with Gasteiger partial charge in [0.05, 0.1) is 10.6 Å². The fourth-order valence-corrected chi connectivity index (χ4v) is 3.50. The zero-order valence-electron chi connectivity index (χ0n) is 12.7. The van der Waals surface area contributed by atoms with E-state index in [1.165, 1.54) is 0 Å². The molecule has 0 aliphatic heterocycles. The molecule has 7 heteroatoms. The van der Waals surface area contributed by atoms with Gasteiger partial charge in [-0.15, -0.1) is 0 Å². The molecule has 0 radical (unpaired) electrons. The summed E-state index contributed by atoms with van der Waals surface area (Å²) in [7, 11) is -3.50. The zero-order valence-corrected chi connectivity index (χ0v) is 14.2. The second kappa shape index (κ2) is 6.73. The highest BCUT2D eigenvalue weighted by Gasteiger charge is 2.16. The summed E-state index contributed by atoms with van der Waals surface area (Å²) in [6, 6.07) is 6.66. The summed E-state index contributed by atoms with van der Waals surface area (Å²) in [5.74, 6) is 0. The first-order valence-electron chi connectivity index (χ1n) is 6.87. The largest absolute Gasteiger partial charge is 0.240 e. The first-order chi connectivity index (χ1) is 10.3. The summed E-state index contributed by atoms with van der Waals surface area (Å²) in [4.78, 5) is 8.36. The van der Waals surface area contributed by atoms with Gasteiger partial charge in [0.2, 0.25) is 15.3 Å². The van der Waals surface area contributed by atoms with Crippen molar-refractivity contribution < 1.29 is 8.42 Å². The average molecular weight is 340 g/mol. The third-order valence-corrected chi connectivity index (χ3v) is 4.86. The van der Waals surface area contributed by atoms with E-state index in [2.05, 4.69) is 14.7 Å². The SMILES string of the molecule is Cc1cnc(Cl)nc1Cc1cccc(S(=O)(=O)NC(C)C)c1. The van der Waals surface area contributed by atoms with E-state index < -0.39 is 10.0 Å². The Hall–Kier alpha value is -1.50. The van der Waals surface area contributed by atoms with Gasteiger partial charge in [-0.3, -0.25) is 0 Å². The Bertz CT molecular complexity index is 776. The van der Waals surface area contributed by atoms with Gasteiger partial charge in [-0.1, -0.05) is 12.1 Å². The summed E-state index contributed by atoms with van der Waals surface area (Å²) >= 11 is 5.82. The molecule has 22 heavy (non-hydrogen) atoms. The minimum Gasteiger partial charge on any atom is -0.226 e. The van der Waals surface area contributed by atoms with E-state index in [0.717, 1.165) is 16.8 Å². The van der Waals surface area contributed by atoms with E-state index >= 15 is 0 Å². The van der Waals surface area contributed by atoms with Crippen LogP contribution in [0.25, 0.3) is 0 Å². The zero-order chi connectivity index (χ0) is 16.3. The lowest BCUT2D eigenvalue weighted by Gasteiger charge is -2.11. The molecule has 0 saturated carbocycles. The number of hydrogen-bond donors (Lipinski definition) is 1. The van der Waals surface area contributed by atoms with Crippen LogP contribution in [0.15, 0.2) is 35.4 Å². The van der Waals surface area contributed by atoms with Gasteiger partial charge >= 0.3 is 0 Å². The van der Waals surface area contributed by atoms with Crippen molar-refractivity contribution in [2.45, 2.75) is 38.1 Å². The van der Waals surface area contributed by atoms with E-state index in [1.807, 2.05) is 13.0 Å². The standard InChI is InChI=1S/C15H18ClN3O2S/c1-10(2)19-22(20,21)13-6-4-5-12(7-13)8-14-11(3)9-17-15(16)18-14/h4-7,9-10,19H,8H2,1-3H3. The second-order valence-corrected chi connectivity index (χ2v) is 7.42. The van der Waals surface area contributed by atoms with Crippen LogP contribution in [0, 0.1) is 6.92 Å². The summed E-state index contributed by atoms with van der Waals surface area (Å²) in [5, 5.41) is 0.186. The summed E-state index contributed by atoms with van der Waals surface area (Å²) < 4.78 is 27.0. The molecule has 0 atom stereocenters. The van der Waals surface area contributed by atoms with Crippen LogP contribution < -0.4 is 4.72 Å². The minimum atomic E-state index is -3.50. The van der Waals surface area contributed by atoms with E-state index in [4.69, 9.17) is 11.6 Å². The molecule has 0 spiro atoms. The fourth-order valence-electron chi connectivity index (χ4n) is 2.03. The van der Waals surface area contributed by atoms with Gasteiger partial charge in [-0.25, -0.2) is 23.1 Å². The highest BCUT2D eigenvalue weighted by molar-refractivity contribution is 7.89. The van der Waals surface area contributed by atoms with Gasteiger partial charge in [0.15, 0.2) is 0 Å². The molecule has 5 nitrogen and oxygen atoms in total. The van der Waals surface area contributed by atoms with Crippen LogP contribution in [-0.4, -0.2) is 24.4 Å². The molecular weight excluding hydrogens is 322 g/mol. The summed E-state index contributed by atoms with van der Waals surface area (Å²) in [5.41, 5.74) is 2.55. The highest BCUT2D eigenvalue weighted by atomic mass is 35.5. The summed E-state index contributed by atoms with van der Waals surface area (Å²) in [6.07, 6.45) is 2.16. The number of nitrogens with zero attached hydrogens (tertiary/aromatic N) is 2. The molecule has 0 bridgehead atoms. The quantitative estimate of drug-likeness (QED) is 0.850. The van der Waals surface area contributed by atoms with Crippen LogP contribution in [0.1, 0.15) is 30.7 Å². The topological polar surface area (TPSA) is 72.0 Å². The van der Waals surface area contributed by atoms with Crippen LogP contribution in [0.3, 0.4) is 0 Å². The Morgan fingerprint density at radius 3 is 2.73 bits per heavy atom. The molecule has 2 aromatic rings. The Morgan fingerprint density at radius 1 is 1.32 bits per heavy atom. The highest BCUT2D eigenvalue weighted by Crippen LogP contribution is 2.17. The predicted molar refractivity (Wildman–Crippen MR) is 86.5 cm³/mol. The van der Waals surface area contributed by atoms with E-state index in [0.29, 0.717) is 6.42 Å². The third kappa shape index (κ3) is 4.25. The van der Waals surface area contributed by atoms with E-state index in [9.17, 15) is 8.42 Å². The molecule has 0 saturated heterocycles. The predicted octanol–water partition coefficient (Wildman–Crippen LogP) is 2.72. The minimum absolute atomic E-state index is 0.156. The number of aromatic nitrogens is 2. The normalized spacial score (nSPS) is 11.9. The number of aryl methyl sites for hydroxylation is 1. The smallest absolute Gasteiger partial charge is 0.226 e. The van der Waals surface area contributed by atoms with Crippen molar-refractivity contribution >= 4 is 21.6 Å². The van der Waals surface area contributed by atoms with Crippen molar-refractivity contribution in [3.05, 3.63) is 52.6 Å². The monoisotopic (exact) mass is 339 g/mol. The lowest BCUT2D eigenvalue weighted by Crippen LogP contribution is -2.30. The molecule has 0 aliphatic rings. The van der Waals surface area contributed by atoms with E-state index in [-0.39, 0.29) is 16.2 Å². The molecule has 0 amide bonds. The Labute approximate surface area is 135 Å². The third-order valence-electron chi connectivity index (χ3n) is 3.02. The maximum atomic E-state index is 12.2. The van der Waals surface area contributed by atoms with Crippen LogP contribution in [0.5, 0.6) is 0 Å². The average Bonchev–Trinajstić information content (AvgIpc) is 2.42. The lowest BCUT2D eigenvalue weighted by atomic mass is 10.1. The van der Waals surface area contributed by atoms with Gasteiger partial charge in [0.25, 0.3) is 0 Å². The second-order valence-electron chi connectivity index (χ2n) is 5.37. The van der Waals surface area contributed by atoms with Crippen molar-refractivity contribution in [2.75, 3.05) is 0 Å². The van der Waals surface area contributed by atoms with Gasteiger partial charge < -0.3 is 0 Å². The van der Waals surface area contributed by atoms with Crippen molar-refractivity contribution in [3.8, 4) is 0 Å². The number of hydrogen-bond acceptors (Lipinski definition) is 4. The molecule has 1 aromatic heterocycles. The van der Waals surface area contributed by atoms with Crippen LogP contribution in [0.4, 0.5) is 0 Å². The molecule has 118 valence electrons. The molecule has 0 fully saturated rings. The van der Waals surface area contributed by atoms with Gasteiger partial charge in [-0.05, 0) is 55.6 Å². The molecular formula is C15H18ClN3O2S. The Morgan fingerprint density at radius 2 is 2.05 bits per heavy atom. The molecule has 1 aromatic carbocycles. The number of halogens is 1. The van der Waals surface area contributed by atoms with Crippen molar-refractivity contribution in [1.29, 1.82) is 0 Å². The van der Waals surface area contributed by atoms with Gasteiger partial charge in [-0.2, -0.15) is 0 Å². The first-order valence-corrected chi connectivity index (χ1v) is 8.73. The van der Waals surface area contributed by atoms with Crippen molar-refractivity contribution in [1.82, 2.24) is 14.7 Å². The lowest BCUT2D eigenvalue weighted by molar-refractivity contribution is 0.569.